The summed E-state index contributed by atoms with van der Waals surface area (Å²) >= 11 is 0. The smallest absolute Gasteiger partial charge is 0.278 e. The van der Waals surface area contributed by atoms with E-state index < -0.39 is 0 Å². The van der Waals surface area contributed by atoms with E-state index in [1.54, 1.807) is 21.8 Å². The monoisotopic (exact) mass is 256 g/mol. The molecule has 1 amide bonds. The first-order valence-electron chi connectivity index (χ1n) is 6.36. The number of carbonyl (C=O) groups excluding carboxylic acids is 1. The number of nitrogens with one attached hydrogen (secondary N) is 1. The van der Waals surface area contributed by atoms with Crippen LogP contribution in [0.5, 0.6) is 0 Å². The summed E-state index contributed by atoms with van der Waals surface area (Å²) in [4.78, 5) is 14.4. The topological polar surface area (TPSA) is 50.2 Å². The number of benzene rings is 1. The molecule has 0 bridgehead atoms. The van der Waals surface area contributed by atoms with Crippen LogP contribution in [0.1, 0.15) is 16.1 Å². The van der Waals surface area contributed by atoms with Crippen LogP contribution in [0.4, 0.5) is 5.69 Å². The van der Waals surface area contributed by atoms with Crippen LogP contribution in [0.2, 0.25) is 0 Å². The van der Waals surface area contributed by atoms with Gasteiger partial charge in [-0.05, 0) is 17.7 Å². The van der Waals surface area contributed by atoms with Gasteiger partial charge in [0, 0.05) is 38.6 Å². The zero-order chi connectivity index (χ0) is 13.2. The van der Waals surface area contributed by atoms with Crippen molar-refractivity contribution >= 4 is 11.6 Å². The molecule has 1 N–H and O–H groups in total. The Kier molecular flexibility index (Phi) is 3.05. The highest BCUT2D eigenvalue weighted by Gasteiger charge is 2.23. The Balaban J connectivity index is 1.98. The number of carbonyl (C=O) groups is 1. The van der Waals surface area contributed by atoms with E-state index in [-0.39, 0.29) is 5.91 Å². The predicted molar refractivity (Wildman–Crippen MR) is 73.0 cm³/mol. The van der Waals surface area contributed by atoms with Gasteiger partial charge in [0.15, 0.2) is 5.69 Å². The van der Waals surface area contributed by atoms with Crippen LogP contribution in [0, 0.1) is 0 Å². The standard InChI is InChI=1S/C14H16N4O/c1-17-8-6-12(16-17)14(19)18-9-7-15-10-11-4-2-3-5-13(11)18/h2-6,8,15H,7,9-10H2,1H3. The number of hydrogen-bond donors (Lipinski definition) is 1. The van der Waals surface area contributed by atoms with Crippen molar-refractivity contribution in [3.8, 4) is 0 Å². The SMILES string of the molecule is Cn1ccc(C(=O)N2CCNCc3ccccc32)n1. The van der Waals surface area contributed by atoms with Crippen LogP contribution >= 0.6 is 0 Å². The number of nitrogens with zero attached hydrogens (tertiary/aromatic N) is 3. The van der Waals surface area contributed by atoms with Gasteiger partial charge in [-0.2, -0.15) is 5.10 Å². The molecule has 2 heterocycles. The predicted octanol–water partition coefficient (Wildman–Crippen LogP) is 1.17. The van der Waals surface area contributed by atoms with E-state index in [0.717, 1.165) is 24.3 Å². The van der Waals surface area contributed by atoms with Crippen molar-refractivity contribution in [2.24, 2.45) is 7.05 Å². The van der Waals surface area contributed by atoms with E-state index in [1.165, 1.54) is 0 Å². The van der Waals surface area contributed by atoms with Gasteiger partial charge in [0.1, 0.15) is 0 Å². The van der Waals surface area contributed by atoms with Crippen molar-refractivity contribution in [2.45, 2.75) is 6.54 Å². The van der Waals surface area contributed by atoms with Crippen LogP contribution in [0.15, 0.2) is 36.5 Å². The Bertz CT molecular complexity index is 605. The largest absolute Gasteiger partial charge is 0.311 e. The second kappa shape index (κ2) is 4.85. The fourth-order valence-corrected chi connectivity index (χ4v) is 2.34. The lowest BCUT2D eigenvalue weighted by molar-refractivity contribution is 0.0982. The molecule has 0 fully saturated rings. The van der Waals surface area contributed by atoms with Gasteiger partial charge in [-0.25, -0.2) is 0 Å². The van der Waals surface area contributed by atoms with Gasteiger partial charge in [-0.3, -0.25) is 9.48 Å². The fraction of sp³-hybridized carbons (Fsp3) is 0.286. The number of rotatable bonds is 1. The number of para-hydroxylation sites is 1. The maximum atomic E-state index is 12.6. The lowest BCUT2D eigenvalue weighted by atomic mass is 10.1. The molecule has 98 valence electrons. The Hall–Kier alpha value is -2.14. The zero-order valence-corrected chi connectivity index (χ0v) is 10.8. The van der Waals surface area contributed by atoms with Crippen molar-refractivity contribution in [1.82, 2.24) is 15.1 Å². The summed E-state index contributed by atoms with van der Waals surface area (Å²) < 4.78 is 1.65. The minimum atomic E-state index is -0.0447. The first kappa shape index (κ1) is 11.9. The van der Waals surface area contributed by atoms with Crippen molar-refractivity contribution in [1.29, 1.82) is 0 Å². The third-order valence-corrected chi connectivity index (χ3v) is 3.29. The average molecular weight is 256 g/mol. The quantitative estimate of drug-likeness (QED) is 0.833. The summed E-state index contributed by atoms with van der Waals surface area (Å²) in [6.07, 6.45) is 1.79. The first-order valence-corrected chi connectivity index (χ1v) is 6.36. The number of fused-ring (bicyclic) bond motifs is 1. The molecule has 0 unspecified atom stereocenters. The van der Waals surface area contributed by atoms with E-state index >= 15 is 0 Å². The Labute approximate surface area is 111 Å². The summed E-state index contributed by atoms with van der Waals surface area (Å²) in [5, 5.41) is 7.52. The fourth-order valence-electron chi connectivity index (χ4n) is 2.34. The molecule has 0 atom stereocenters. The third kappa shape index (κ3) is 2.24. The highest BCUT2D eigenvalue weighted by Crippen LogP contribution is 2.23. The maximum Gasteiger partial charge on any atom is 0.278 e. The molecule has 1 aromatic carbocycles. The normalized spacial score (nSPS) is 14.9. The van der Waals surface area contributed by atoms with Gasteiger partial charge < -0.3 is 10.2 Å². The summed E-state index contributed by atoms with van der Waals surface area (Å²) in [7, 11) is 1.81. The van der Waals surface area contributed by atoms with Crippen molar-refractivity contribution in [2.75, 3.05) is 18.0 Å². The molecule has 0 saturated carbocycles. The molecule has 1 aromatic heterocycles. The maximum absolute atomic E-state index is 12.6. The molecule has 0 spiro atoms. The van der Waals surface area contributed by atoms with Gasteiger partial charge >= 0.3 is 0 Å². The van der Waals surface area contributed by atoms with E-state index in [9.17, 15) is 4.79 Å². The molecular formula is C14H16N4O. The molecule has 5 nitrogen and oxygen atoms in total. The van der Waals surface area contributed by atoms with Crippen LogP contribution in [0.3, 0.4) is 0 Å². The third-order valence-electron chi connectivity index (χ3n) is 3.29. The van der Waals surface area contributed by atoms with E-state index in [4.69, 9.17) is 0 Å². The van der Waals surface area contributed by atoms with Crippen LogP contribution in [-0.2, 0) is 13.6 Å². The van der Waals surface area contributed by atoms with Crippen molar-refractivity contribution in [3.05, 3.63) is 47.8 Å². The van der Waals surface area contributed by atoms with Gasteiger partial charge in [0.2, 0.25) is 0 Å². The van der Waals surface area contributed by atoms with Gasteiger partial charge in [0.25, 0.3) is 5.91 Å². The number of aromatic nitrogens is 2. The van der Waals surface area contributed by atoms with E-state index in [0.29, 0.717) is 12.2 Å². The summed E-state index contributed by atoms with van der Waals surface area (Å²) in [6.45, 7) is 2.24. The second-order valence-corrected chi connectivity index (χ2v) is 4.64. The lowest BCUT2D eigenvalue weighted by Crippen LogP contribution is -2.35. The molecule has 1 aliphatic rings. The second-order valence-electron chi connectivity index (χ2n) is 4.64. The summed E-state index contributed by atoms with van der Waals surface area (Å²) in [6, 6.07) is 9.75. The number of aryl methyl sites for hydroxylation is 1. The number of amides is 1. The van der Waals surface area contributed by atoms with Gasteiger partial charge in [-0.1, -0.05) is 18.2 Å². The van der Waals surface area contributed by atoms with Crippen LogP contribution < -0.4 is 10.2 Å². The van der Waals surface area contributed by atoms with E-state index in [2.05, 4.69) is 10.4 Å². The zero-order valence-electron chi connectivity index (χ0n) is 10.8. The number of anilines is 1. The van der Waals surface area contributed by atoms with Crippen molar-refractivity contribution < 1.29 is 4.79 Å². The van der Waals surface area contributed by atoms with Crippen LogP contribution in [-0.4, -0.2) is 28.8 Å². The molecule has 5 heteroatoms. The first-order chi connectivity index (χ1) is 9.25. The molecular weight excluding hydrogens is 240 g/mol. The number of hydrogen-bond acceptors (Lipinski definition) is 3. The Morgan fingerprint density at radius 1 is 1.32 bits per heavy atom. The Morgan fingerprint density at radius 3 is 2.95 bits per heavy atom. The molecule has 0 radical (unpaired) electrons. The van der Waals surface area contributed by atoms with Crippen molar-refractivity contribution in [3.63, 3.8) is 0 Å². The highest BCUT2D eigenvalue weighted by atomic mass is 16.2. The summed E-state index contributed by atoms with van der Waals surface area (Å²) in [5.41, 5.74) is 2.60. The average Bonchev–Trinajstić information content (AvgIpc) is 2.74. The molecule has 1 aliphatic heterocycles. The molecule has 19 heavy (non-hydrogen) atoms. The minimum absolute atomic E-state index is 0.0447. The molecule has 0 aliphatic carbocycles. The van der Waals surface area contributed by atoms with Gasteiger partial charge in [0.05, 0.1) is 0 Å². The van der Waals surface area contributed by atoms with Crippen LogP contribution in [0.25, 0.3) is 0 Å². The molecule has 3 rings (SSSR count). The van der Waals surface area contributed by atoms with Gasteiger partial charge in [-0.15, -0.1) is 0 Å². The van der Waals surface area contributed by atoms with E-state index in [1.807, 2.05) is 31.3 Å². The molecule has 2 aromatic rings. The highest BCUT2D eigenvalue weighted by molar-refractivity contribution is 6.05. The minimum Gasteiger partial charge on any atom is -0.311 e. The molecule has 0 saturated heterocycles. The lowest BCUT2D eigenvalue weighted by Gasteiger charge is -2.21. The summed E-state index contributed by atoms with van der Waals surface area (Å²) in [5.74, 6) is -0.0447. The Morgan fingerprint density at radius 2 is 2.16 bits per heavy atom.